The number of carbonyl (C=O) groups is 1. The lowest BCUT2D eigenvalue weighted by atomic mass is 10.2. The molecule has 0 saturated heterocycles. The molecule has 0 aliphatic heterocycles. The number of nitrogens with one attached hydrogen (secondary N) is 1. The highest BCUT2D eigenvalue weighted by atomic mass is 35.5. The quantitative estimate of drug-likeness (QED) is 0.459. The number of benzene rings is 2. The van der Waals surface area contributed by atoms with Crippen LogP contribution in [0.4, 0.5) is 10.5 Å². The van der Waals surface area contributed by atoms with Crippen molar-refractivity contribution in [3.63, 3.8) is 0 Å². The minimum absolute atomic E-state index is 0.0657. The van der Waals surface area contributed by atoms with Crippen molar-refractivity contribution in [2.75, 3.05) is 12.4 Å². The molecule has 2 amide bonds. The molecule has 4 N–H and O–H groups in total. The summed E-state index contributed by atoms with van der Waals surface area (Å²) in [6, 6.07) is 11.2. The molecule has 0 saturated carbocycles. The lowest BCUT2D eigenvalue weighted by Crippen LogP contribution is -2.37. The number of amides is 2. The van der Waals surface area contributed by atoms with Gasteiger partial charge in [0, 0.05) is 24.4 Å². The molecule has 7 heteroatoms. The maximum atomic E-state index is 11.6. The number of hydrogen-bond donors (Lipinski definition) is 3. The monoisotopic (exact) mass is 321 g/mol. The third-order valence-electron chi connectivity index (χ3n) is 2.88. The van der Waals surface area contributed by atoms with E-state index in [-0.39, 0.29) is 12.4 Å². The van der Waals surface area contributed by atoms with Gasteiger partial charge in [-0.05, 0) is 18.2 Å². The number of rotatable bonds is 4. The topological polar surface area (TPSA) is 87.8 Å². The number of para-hydroxylation sites is 1. The number of urea groups is 1. The number of nitrogens with two attached hydrogens (primary N) is 1. The van der Waals surface area contributed by atoms with E-state index in [1.54, 1.807) is 18.2 Å². The minimum atomic E-state index is -0.435. The zero-order chi connectivity index (χ0) is 16.1. The second-order valence-electron chi connectivity index (χ2n) is 4.60. The fourth-order valence-corrected chi connectivity index (χ4v) is 1.96. The van der Waals surface area contributed by atoms with E-state index in [4.69, 9.17) is 22.2 Å². The molecule has 0 fully saturated rings. The lowest BCUT2D eigenvalue weighted by molar-refractivity contribution is 0.223. The molecule has 2 rings (SSSR count). The number of hydrazine groups is 1. The predicted octanol–water partition coefficient (Wildman–Crippen LogP) is 2.96. The number of ether oxygens (including phenoxy) is 1. The Kier molecular flexibility index (Phi) is 5.08. The normalized spacial score (nSPS) is 10.1. The number of phenols is 1. The van der Waals surface area contributed by atoms with E-state index in [9.17, 15) is 9.90 Å². The summed E-state index contributed by atoms with van der Waals surface area (Å²) in [5.74, 6) is 5.89. The van der Waals surface area contributed by atoms with Gasteiger partial charge in [-0.3, -0.25) is 5.01 Å². The molecule has 2 aromatic rings. The molecular formula is C15H16ClN3O3. The van der Waals surface area contributed by atoms with Gasteiger partial charge >= 0.3 is 6.03 Å². The van der Waals surface area contributed by atoms with E-state index in [0.717, 1.165) is 10.6 Å². The number of halogens is 1. The SMILES string of the molecule is CN(N)C(=O)Nc1ccccc1COc1ccc(O)cc1Cl. The molecule has 0 aliphatic carbocycles. The molecule has 0 aromatic heterocycles. The summed E-state index contributed by atoms with van der Waals surface area (Å²) in [5.41, 5.74) is 1.36. The van der Waals surface area contributed by atoms with Gasteiger partial charge in [-0.15, -0.1) is 0 Å². The van der Waals surface area contributed by atoms with E-state index in [0.29, 0.717) is 16.5 Å². The van der Waals surface area contributed by atoms with Crippen molar-refractivity contribution in [2.24, 2.45) is 5.84 Å². The number of aromatic hydroxyl groups is 1. The fourth-order valence-electron chi connectivity index (χ4n) is 1.73. The maximum Gasteiger partial charge on any atom is 0.335 e. The zero-order valence-corrected chi connectivity index (χ0v) is 12.7. The van der Waals surface area contributed by atoms with Crippen molar-refractivity contribution in [1.82, 2.24) is 5.01 Å². The van der Waals surface area contributed by atoms with Gasteiger partial charge < -0.3 is 15.2 Å². The first-order chi connectivity index (χ1) is 10.5. The van der Waals surface area contributed by atoms with Crippen LogP contribution in [-0.2, 0) is 6.61 Å². The van der Waals surface area contributed by atoms with Crippen LogP contribution in [0, 0.1) is 0 Å². The van der Waals surface area contributed by atoms with Gasteiger partial charge in [0.05, 0.1) is 5.02 Å². The van der Waals surface area contributed by atoms with Crippen molar-refractivity contribution >= 4 is 23.3 Å². The van der Waals surface area contributed by atoms with Crippen molar-refractivity contribution in [3.8, 4) is 11.5 Å². The van der Waals surface area contributed by atoms with Gasteiger partial charge in [-0.2, -0.15) is 0 Å². The Bertz CT molecular complexity index is 677. The van der Waals surface area contributed by atoms with Crippen molar-refractivity contribution < 1.29 is 14.6 Å². The van der Waals surface area contributed by atoms with E-state index in [1.807, 2.05) is 12.1 Å². The van der Waals surface area contributed by atoms with Crippen LogP contribution in [-0.4, -0.2) is 23.2 Å². The molecule has 0 radical (unpaired) electrons. The molecule has 116 valence electrons. The predicted molar refractivity (Wildman–Crippen MR) is 84.9 cm³/mol. The Morgan fingerprint density at radius 3 is 2.77 bits per heavy atom. The first-order valence-corrected chi connectivity index (χ1v) is 6.84. The molecule has 2 aromatic carbocycles. The van der Waals surface area contributed by atoms with E-state index < -0.39 is 6.03 Å². The van der Waals surface area contributed by atoms with Gasteiger partial charge in [-0.1, -0.05) is 29.8 Å². The zero-order valence-electron chi connectivity index (χ0n) is 11.9. The highest BCUT2D eigenvalue weighted by Crippen LogP contribution is 2.29. The highest BCUT2D eigenvalue weighted by molar-refractivity contribution is 6.32. The maximum absolute atomic E-state index is 11.6. The summed E-state index contributed by atoms with van der Waals surface area (Å²) >= 11 is 5.98. The average Bonchev–Trinajstić information content (AvgIpc) is 2.47. The van der Waals surface area contributed by atoms with Crippen LogP contribution in [0.1, 0.15) is 5.56 Å². The number of anilines is 1. The van der Waals surface area contributed by atoms with Gasteiger partial charge in [0.2, 0.25) is 0 Å². The second-order valence-corrected chi connectivity index (χ2v) is 5.01. The number of phenolic OH excluding ortho intramolecular Hbond substituents is 1. The summed E-state index contributed by atoms with van der Waals surface area (Å²) in [5, 5.41) is 13.3. The van der Waals surface area contributed by atoms with E-state index >= 15 is 0 Å². The van der Waals surface area contributed by atoms with Crippen molar-refractivity contribution in [1.29, 1.82) is 0 Å². The third kappa shape index (κ3) is 4.03. The van der Waals surface area contributed by atoms with Gasteiger partial charge in [-0.25, -0.2) is 10.6 Å². The smallest absolute Gasteiger partial charge is 0.335 e. The van der Waals surface area contributed by atoms with Crippen LogP contribution in [0.2, 0.25) is 5.02 Å². The first kappa shape index (κ1) is 15.9. The third-order valence-corrected chi connectivity index (χ3v) is 3.17. The summed E-state index contributed by atoms with van der Waals surface area (Å²) in [7, 11) is 1.45. The van der Waals surface area contributed by atoms with Crippen LogP contribution in [0.15, 0.2) is 42.5 Å². The number of nitrogens with zero attached hydrogens (tertiary/aromatic N) is 1. The Balaban J connectivity index is 2.11. The number of hydrogen-bond acceptors (Lipinski definition) is 4. The molecule has 0 spiro atoms. The Morgan fingerprint density at radius 2 is 2.09 bits per heavy atom. The van der Waals surface area contributed by atoms with Gasteiger partial charge in [0.15, 0.2) is 0 Å². The van der Waals surface area contributed by atoms with Crippen molar-refractivity contribution in [2.45, 2.75) is 6.61 Å². The van der Waals surface area contributed by atoms with Crippen molar-refractivity contribution in [3.05, 3.63) is 53.1 Å². The van der Waals surface area contributed by atoms with E-state index in [1.165, 1.54) is 19.2 Å². The van der Waals surface area contributed by atoms with Gasteiger partial charge in [0.1, 0.15) is 18.1 Å². The Labute approximate surface area is 133 Å². The summed E-state index contributed by atoms with van der Waals surface area (Å²) < 4.78 is 5.62. The lowest BCUT2D eigenvalue weighted by Gasteiger charge is -2.15. The first-order valence-electron chi connectivity index (χ1n) is 6.46. The standard InChI is InChI=1S/C15H16ClN3O3/c1-19(17)15(21)18-13-5-3-2-4-10(13)9-22-14-7-6-11(20)8-12(14)16/h2-8,20H,9,17H2,1H3,(H,18,21). The molecule has 0 bridgehead atoms. The Morgan fingerprint density at radius 1 is 1.36 bits per heavy atom. The summed E-state index contributed by atoms with van der Waals surface area (Å²) in [4.78, 5) is 11.6. The molecule has 0 unspecified atom stereocenters. The van der Waals surface area contributed by atoms with Crippen LogP contribution in [0.3, 0.4) is 0 Å². The molecule has 22 heavy (non-hydrogen) atoms. The van der Waals surface area contributed by atoms with E-state index in [2.05, 4.69) is 5.32 Å². The fraction of sp³-hybridized carbons (Fsp3) is 0.133. The number of carbonyl (C=O) groups excluding carboxylic acids is 1. The van der Waals surface area contributed by atoms with Crippen LogP contribution < -0.4 is 15.9 Å². The summed E-state index contributed by atoms with van der Waals surface area (Å²) in [6.07, 6.45) is 0. The van der Waals surface area contributed by atoms with Crippen LogP contribution >= 0.6 is 11.6 Å². The highest BCUT2D eigenvalue weighted by Gasteiger charge is 2.10. The molecule has 0 aliphatic rings. The molecule has 0 atom stereocenters. The van der Waals surface area contributed by atoms with Crippen LogP contribution in [0.25, 0.3) is 0 Å². The average molecular weight is 322 g/mol. The minimum Gasteiger partial charge on any atom is -0.508 e. The molecule has 6 nitrogen and oxygen atoms in total. The summed E-state index contributed by atoms with van der Waals surface area (Å²) in [6.45, 7) is 0.204. The Hall–Kier alpha value is -2.44. The second kappa shape index (κ2) is 7.02. The van der Waals surface area contributed by atoms with Crippen LogP contribution in [0.5, 0.6) is 11.5 Å². The van der Waals surface area contributed by atoms with Gasteiger partial charge in [0.25, 0.3) is 0 Å². The molecular weight excluding hydrogens is 306 g/mol. The largest absolute Gasteiger partial charge is 0.508 e. The molecule has 0 heterocycles.